The first-order valence-electron chi connectivity index (χ1n) is 7.67. The fourth-order valence-electron chi connectivity index (χ4n) is 2.04. The molecule has 0 spiro atoms. The molecule has 136 valence electrons. The summed E-state index contributed by atoms with van der Waals surface area (Å²) in [6.45, 7) is 1.97. The molecule has 0 heterocycles. The van der Waals surface area contributed by atoms with Crippen molar-refractivity contribution in [3.05, 3.63) is 64.0 Å². The Morgan fingerprint density at radius 3 is 2.46 bits per heavy atom. The van der Waals surface area contributed by atoms with Crippen molar-refractivity contribution in [2.24, 2.45) is 0 Å². The number of nitrogens with zero attached hydrogens (tertiary/aromatic N) is 1. The van der Waals surface area contributed by atoms with E-state index in [1.807, 2.05) is 0 Å². The molecule has 0 unspecified atom stereocenters. The minimum Gasteiger partial charge on any atom is -0.355 e. The zero-order valence-electron chi connectivity index (χ0n) is 13.8. The lowest BCUT2D eigenvalue weighted by Gasteiger charge is -2.07. The summed E-state index contributed by atoms with van der Waals surface area (Å²) in [5, 5.41) is 16.3. The Morgan fingerprint density at radius 2 is 1.85 bits per heavy atom. The Kier molecular flexibility index (Phi) is 6.67. The number of carbonyl (C=O) groups excluding carboxylic acids is 2. The Hall–Kier alpha value is -2.94. The van der Waals surface area contributed by atoms with E-state index in [0.717, 1.165) is 17.8 Å². The third kappa shape index (κ3) is 5.28. The summed E-state index contributed by atoms with van der Waals surface area (Å²) < 4.78 is 13.0. The average Bonchev–Trinajstić information content (AvgIpc) is 2.62. The molecule has 2 amide bonds. The van der Waals surface area contributed by atoms with Crippen LogP contribution >= 0.6 is 11.8 Å². The molecule has 0 saturated heterocycles. The zero-order valence-corrected chi connectivity index (χ0v) is 14.6. The molecule has 0 aliphatic rings. The van der Waals surface area contributed by atoms with Gasteiger partial charge in [-0.3, -0.25) is 19.7 Å². The third-order valence-corrected chi connectivity index (χ3v) is 4.32. The smallest absolute Gasteiger partial charge is 0.284 e. The SMILES string of the molecule is CCNC(=O)CNC(=O)c1ccc(Sc2ccc(F)cc2)c([N+](=O)[O-])c1. The molecule has 0 aliphatic heterocycles. The molecule has 0 saturated carbocycles. The number of halogens is 1. The van der Waals surface area contributed by atoms with Crippen molar-refractivity contribution < 1.29 is 18.9 Å². The lowest BCUT2D eigenvalue weighted by atomic mass is 10.2. The predicted octanol–water partition coefficient (Wildman–Crippen LogP) is 2.75. The molecule has 0 aromatic heterocycles. The van der Waals surface area contributed by atoms with Crippen molar-refractivity contribution in [3.8, 4) is 0 Å². The number of likely N-dealkylation sites (N-methyl/N-ethyl adjacent to an activating group) is 1. The highest BCUT2D eigenvalue weighted by Gasteiger charge is 2.19. The molecule has 0 atom stereocenters. The lowest BCUT2D eigenvalue weighted by Crippen LogP contribution is -2.36. The van der Waals surface area contributed by atoms with Crippen LogP contribution in [0.4, 0.5) is 10.1 Å². The highest BCUT2D eigenvalue weighted by atomic mass is 32.2. The highest BCUT2D eigenvalue weighted by Crippen LogP contribution is 2.35. The van der Waals surface area contributed by atoms with Gasteiger partial charge in [0.2, 0.25) is 5.91 Å². The van der Waals surface area contributed by atoms with E-state index in [-0.39, 0.29) is 23.7 Å². The van der Waals surface area contributed by atoms with Crippen LogP contribution in [0, 0.1) is 15.9 Å². The van der Waals surface area contributed by atoms with Crippen LogP contribution in [0.3, 0.4) is 0 Å². The maximum atomic E-state index is 13.0. The Morgan fingerprint density at radius 1 is 1.15 bits per heavy atom. The van der Waals surface area contributed by atoms with Crippen LogP contribution in [0.1, 0.15) is 17.3 Å². The maximum Gasteiger partial charge on any atom is 0.284 e. The maximum absolute atomic E-state index is 13.0. The molecule has 2 aromatic carbocycles. The summed E-state index contributed by atoms with van der Waals surface area (Å²) in [6, 6.07) is 9.58. The molecule has 2 aromatic rings. The number of hydrogen-bond acceptors (Lipinski definition) is 5. The number of carbonyl (C=O) groups is 2. The van der Waals surface area contributed by atoms with Crippen LogP contribution < -0.4 is 10.6 Å². The van der Waals surface area contributed by atoms with Crippen LogP contribution in [-0.4, -0.2) is 29.8 Å². The van der Waals surface area contributed by atoms with Crippen LogP contribution in [0.25, 0.3) is 0 Å². The summed E-state index contributed by atoms with van der Waals surface area (Å²) in [4.78, 5) is 35.1. The van der Waals surface area contributed by atoms with Gasteiger partial charge < -0.3 is 10.6 Å². The van der Waals surface area contributed by atoms with Gasteiger partial charge in [0, 0.05) is 23.1 Å². The average molecular weight is 377 g/mol. The first kappa shape index (κ1) is 19.4. The second kappa shape index (κ2) is 8.95. The lowest BCUT2D eigenvalue weighted by molar-refractivity contribution is -0.387. The Bertz CT molecular complexity index is 827. The van der Waals surface area contributed by atoms with Gasteiger partial charge in [-0.2, -0.15) is 0 Å². The predicted molar refractivity (Wildman–Crippen MR) is 94.6 cm³/mol. The molecule has 0 aliphatic carbocycles. The van der Waals surface area contributed by atoms with E-state index in [2.05, 4.69) is 10.6 Å². The summed E-state index contributed by atoms with van der Waals surface area (Å²) >= 11 is 1.09. The molecule has 0 bridgehead atoms. The van der Waals surface area contributed by atoms with Gasteiger partial charge in [0.05, 0.1) is 16.4 Å². The fraction of sp³-hybridized carbons (Fsp3) is 0.176. The first-order valence-corrected chi connectivity index (χ1v) is 8.49. The normalized spacial score (nSPS) is 10.2. The van der Waals surface area contributed by atoms with Gasteiger partial charge >= 0.3 is 0 Å². The molecule has 26 heavy (non-hydrogen) atoms. The van der Waals surface area contributed by atoms with Crippen LogP contribution in [-0.2, 0) is 4.79 Å². The van der Waals surface area contributed by atoms with Crippen molar-refractivity contribution in [2.75, 3.05) is 13.1 Å². The fourth-order valence-corrected chi connectivity index (χ4v) is 2.94. The number of nitrogens with one attached hydrogen (secondary N) is 2. The van der Waals surface area contributed by atoms with E-state index >= 15 is 0 Å². The number of benzene rings is 2. The van der Waals surface area contributed by atoms with Crippen molar-refractivity contribution in [1.82, 2.24) is 10.6 Å². The molecule has 9 heteroatoms. The Labute approximate surface area is 153 Å². The first-order chi connectivity index (χ1) is 12.4. The third-order valence-electron chi connectivity index (χ3n) is 3.24. The Balaban J connectivity index is 2.17. The van der Waals surface area contributed by atoms with Crippen LogP contribution in [0.15, 0.2) is 52.3 Å². The number of nitro benzene ring substituents is 1. The van der Waals surface area contributed by atoms with Gasteiger partial charge in [-0.25, -0.2) is 4.39 Å². The molecule has 0 fully saturated rings. The van der Waals surface area contributed by atoms with Crippen LogP contribution in [0.2, 0.25) is 0 Å². The molecule has 7 nitrogen and oxygen atoms in total. The minimum absolute atomic E-state index is 0.0736. The molecule has 0 radical (unpaired) electrons. The van der Waals surface area contributed by atoms with Crippen molar-refractivity contribution in [2.45, 2.75) is 16.7 Å². The number of amides is 2. The minimum atomic E-state index is -0.591. The number of rotatable bonds is 7. The van der Waals surface area contributed by atoms with Crippen molar-refractivity contribution in [1.29, 1.82) is 0 Å². The van der Waals surface area contributed by atoms with E-state index in [0.29, 0.717) is 16.3 Å². The van der Waals surface area contributed by atoms with E-state index in [1.165, 1.54) is 36.4 Å². The van der Waals surface area contributed by atoms with Gasteiger partial charge in [0.1, 0.15) is 5.82 Å². The molecule has 2 rings (SSSR count). The largest absolute Gasteiger partial charge is 0.355 e. The summed E-state index contributed by atoms with van der Waals surface area (Å²) in [5.74, 6) is -1.33. The molecular weight excluding hydrogens is 361 g/mol. The summed E-state index contributed by atoms with van der Waals surface area (Å²) in [5.41, 5.74) is -0.172. The quantitative estimate of drug-likeness (QED) is 0.571. The highest BCUT2D eigenvalue weighted by molar-refractivity contribution is 7.99. The van der Waals surface area contributed by atoms with Gasteiger partial charge in [0.25, 0.3) is 11.6 Å². The van der Waals surface area contributed by atoms with E-state index in [4.69, 9.17) is 0 Å². The van der Waals surface area contributed by atoms with Gasteiger partial charge in [-0.15, -0.1) is 0 Å². The van der Waals surface area contributed by atoms with Gasteiger partial charge in [0.15, 0.2) is 0 Å². The van der Waals surface area contributed by atoms with E-state index < -0.39 is 16.6 Å². The summed E-state index contributed by atoms with van der Waals surface area (Å²) in [7, 11) is 0. The summed E-state index contributed by atoms with van der Waals surface area (Å²) in [6.07, 6.45) is 0. The van der Waals surface area contributed by atoms with Crippen molar-refractivity contribution in [3.63, 3.8) is 0 Å². The zero-order chi connectivity index (χ0) is 19.1. The monoisotopic (exact) mass is 377 g/mol. The number of nitro groups is 1. The second-order valence-electron chi connectivity index (χ2n) is 5.13. The van der Waals surface area contributed by atoms with E-state index in [9.17, 15) is 24.1 Å². The number of hydrogen-bond donors (Lipinski definition) is 2. The van der Waals surface area contributed by atoms with Crippen LogP contribution in [0.5, 0.6) is 0 Å². The van der Waals surface area contributed by atoms with Gasteiger partial charge in [-0.1, -0.05) is 11.8 Å². The second-order valence-corrected chi connectivity index (χ2v) is 6.25. The van der Waals surface area contributed by atoms with E-state index in [1.54, 1.807) is 6.92 Å². The topological polar surface area (TPSA) is 101 Å². The van der Waals surface area contributed by atoms with Crippen molar-refractivity contribution >= 4 is 29.3 Å². The standard InChI is InChI=1S/C17H16FN3O4S/c1-2-19-16(22)10-20-17(23)11-3-8-15(14(9-11)21(24)25)26-13-6-4-12(18)5-7-13/h3-9H,2,10H2,1H3,(H,19,22)(H,20,23). The molecular formula is C17H16FN3O4S. The van der Waals surface area contributed by atoms with Gasteiger partial charge in [-0.05, 0) is 43.3 Å². The molecule has 2 N–H and O–H groups in total.